The number of ether oxygens (including phenoxy) is 1. The summed E-state index contributed by atoms with van der Waals surface area (Å²) in [5.41, 5.74) is 3.01. The van der Waals surface area contributed by atoms with Gasteiger partial charge in [0.1, 0.15) is 0 Å². The van der Waals surface area contributed by atoms with Crippen LogP contribution in [0.5, 0.6) is 0 Å². The van der Waals surface area contributed by atoms with E-state index < -0.39 is 0 Å². The molecule has 4 heteroatoms. The first kappa shape index (κ1) is 13.3. The monoisotopic (exact) mass is 273 g/mol. The minimum atomic E-state index is 0.0500. The first-order valence-corrected chi connectivity index (χ1v) is 7.15. The van der Waals surface area contributed by atoms with E-state index in [1.54, 1.807) is 0 Å². The van der Waals surface area contributed by atoms with E-state index in [1.165, 1.54) is 0 Å². The Morgan fingerprint density at radius 3 is 2.85 bits per heavy atom. The number of hydrogen-bond acceptors (Lipinski definition) is 3. The second-order valence-electron chi connectivity index (χ2n) is 5.56. The van der Waals surface area contributed by atoms with Gasteiger partial charge in [-0.05, 0) is 18.1 Å². The van der Waals surface area contributed by atoms with Gasteiger partial charge >= 0.3 is 0 Å². The first-order valence-electron chi connectivity index (χ1n) is 7.15. The molecule has 4 nitrogen and oxygen atoms in total. The molecule has 2 aliphatic rings. The van der Waals surface area contributed by atoms with Crippen LogP contribution in [0.1, 0.15) is 40.2 Å². The zero-order chi connectivity index (χ0) is 14.1. The highest BCUT2D eigenvalue weighted by molar-refractivity contribution is 6.02. The maximum absolute atomic E-state index is 12.3. The average molecular weight is 273 g/mol. The molecule has 1 aliphatic carbocycles. The smallest absolute Gasteiger partial charge is 0.223 e. The molecule has 3 rings (SSSR count). The summed E-state index contributed by atoms with van der Waals surface area (Å²) in [5, 5.41) is 0. The highest BCUT2D eigenvalue weighted by Gasteiger charge is 2.33. The van der Waals surface area contributed by atoms with Crippen LogP contribution in [0.15, 0.2) is 18.2 Å². The predicted octanol–water partition coefficient (Wildman–Crippen LogP) is 1.91. The standard InChI is InChI=1S/C16H19NO3/c1-11-3-2-4-13-14(18)9-12(16(11)13)10-15(19)17-5-7-20-8-6-17/h2-4,12H,5-10H2,1H3. The van der Waals surface area contributed by atoms with E-state index in [0.29, 0.717) is 39.1 Å². The lowest BCUT2D eigenvalue weighted by Crippen LogP contribution is -2.41. The van der Waals surface area contributed by atoms with Crippen LogP contribution < -0.4 is 0 Å². The van der Waals surface area contributed by atoms with Crippen molar-refractivity contribution in [3.63, 3.8) is 0 Å². The Kier molecular flexibility index (Phi) is 3.57. The number of carbonyl (C=O) groups excluding carboxylic acids is 2. The Bertz CT molecular complexity index is 547. The molecule has 1 atom stereocenters. The van der Waals surface area contributed by atoms with Gasteiger partial charge in [0.25, 0.3) is 0 Å². The third-order valence-electron chi connectivity index (χ3n) is 4.25. The number of carbonyl (C=O) groups is 2. The molecule has 0 bridgehead atoms. The number of nitrogens with zero attached hydrogens (tertiary/aromatic N) is 1. The van der Waals surface area contributed by atoms with Crippen molar-refractivity contribution in [2.75, 3.05) is 26.3 Å². The van der Waals surface area contributed by atoms with Gasteiger partial charge in [-0.15, -0.1) is 0 Å². The number of aryl methyl sites for hydroxylation is 1. The maximum atomic E-state index is 12.3. The van der Waals surface area contributed by atoms with Gasteiger partial charge in [-0.3, -0.25) is 9.59 Å². The molecule has 1 aromatic rings. The minimum Gasteiger partial charge on any atom is -0.378 e. The van der Waals surface area contributed by atoms with E-state index in [9.17, 15) is 9.59 Å². The summed E-state index contributed by atoms with van der Waals surface area (Å²) in [6.07, 6.45) is 0.903. The number of Topliss-reactive ketones (excluding diaryl/α,β-unsaturated/α-hetero) is 1. The summed E-state index contributed by atoms with van der Waals surface area (Å²) >= 11 is 0. The van der Waals surface area contributed by atoms with Crippen LogP contribution >= 0.6 is 0 Å². The fourth-order valence-electron chi connectivity index (χ4n) is 3.23. The highest BCUT2D eigenvalue weighted by atomic mass is 16.5. The highest BCUT2D eigenvalue weighted by Crippen LogP contribution is 2.37. The predicted molar refractivity (Wildman–Crippen MR) is 74.9 cm³/mol. The van der Waals surface area contributed by atoms with E-state index in [0.717, 1.165) is 16.7 Å². The normalized spacial score (nSPS) is 21.9. The molecule has 1 amide bonds. The van der Waals surface area contributed by atoms with Gasteiger partial charge in [0.05, 0.1) is 13.2 Å². The molecule has 0 radical (unpaired) electrons. The van der Waals surface area contributed by atoms with Crippen molar-refractivity contribution in [3.8, 4) is 0 Å². The molecule has 1 fully saturated rings. The summed E-state index contributed by atoms with van der Waals surface area (Å²) in [6.45, 7) is 4.58. The Hall–Kier alpha value is -1.68. The number of fused-ring (bicyclic) bond motifs is 1. The van der Waals surface area contributed by atoms with Gasteiger partial charge in [0, 0.05) is 37.4 Å². The van der Waals surface area contributed by atoms with Gasteiger partial charge < -0.3 is 9.64 Å². The second-order valence-corrected chi connectivity index (χ2v) is 5.56. The Labute approximate surface area is 118 Å². The fraction of sp³-hybridized carbons (Fsp3) is 0.500. The molecule has 0 N–H and O–H groups in total. The molecule has 20 heavy (non-hydrogen) atoms. The van der Waals surface area contributed by atoms with Gasteiger partial charge in [-0.1, -0.05) is 18.2 Å². The van der Waals surface area contributed by atoms with Crippen molar-refractivity contribution in [2.45, 2.75) is 25.7 Å². The number of morpholine rings is 1. The van der Waals surface area contributed by atoms with Gasteiger partial charge in [0.15, 0.2) is 5.78 Å². The van der Waals surface area contributed by atoms with Crippen molar-refractivity contribution >= 4 is 11.7 Å². The third kappa shape index (κ3) is 2.36. The molecular weight excluding hydrogens is 254 g/mol. The van der Waals surface area contributed by atoms with Crippen LogP contribution in [0.25, 0.3) is 0 Å². The van der Waals surface area contributed by atoms with Crippen LogP contribution in [-0.2, 0) is 9.53 Å². The summed E-state index contributed by atoms with van der Waals surface area (Å²) in [4.78, 5) is 26.2. The molecule has 1 heterocycles. The van der Waals surface area contributed by atoms with Gasteiger partial charge in [-0.2, -0.15) is 0 Å². The molecule has 1 aliphatic heterocycles. The van der Waals surface area contributed by atoms with E-state index in [4.69, 9.17) is 4.74 Å². The van der Waals surface area contributed by atoms with E-state index in [2.05, 4.69) is 0 Å². The lowest BCUT2D eigenvalue weighted by Gasteiger charge is -2.28. The van der Waals surface area contributed by atoms with Crippen molar-refractivity contribution in [1.29, 1.82) is 0 Å². The molecular formula is C16H19NO3. The van der Waals surface area contributed by atoms with Gasteiger partial charge in [-0.25, -0.2) is 0 Å². The molecule has 106 valence electrons. The van der Waals surface area contributed by atoms with Crippen LogP contribution in [0.4, 0.5) is 0 Å². The van der Waals surface area contributed by atoms with E-state index in [-0.39, 0.29) is 17.6 Å². The van der Waals surface area contributed by atoms with Gasteiger partial charge in [0.2, 0.25) is 5.91 Å². The Morgan fingerprint density at radius 2 is 2.10 bits per heavy atom. The Morgan fingerprint density at radius 1 is 1.35 bits per heavy atom. The minimum absolute atomic E-state index is 0.0500. The zero-order valence-corrected chi connectivity index (χ0v) is 11.7. The summed E-state index contributed by atoms with van der Waals surface area (Å²) < 4.78 is 5.26. The molecule has 1 saturated heterocycles. The summed E-state index contributed by atoms with van der Waals surface area (Å²) in [6, 6.07) is 5.81. The zero-order valence-electron chi connectivity index (χ0n) is 11.7. The number of ketones is 1. The second kappa shape index (κ2) is 5.37. The van der Waals surface area contributed by atoms with Crippen molar-refractivity contribution in [3.05, 3.63) is 34.9 Å². The Balaban J connectivity index is 1.76. The molecule has 1 unspecified atom stereocenters. The van der Waals surface area contributed by atoms with Crippen LogP contribution in [0, 0.1) is 6.92 Å². The lowest BCUT2D eigenvalue weighted by molar-refractivity contribution is -0.135. The van der Waals surface area contributed by atoms with Crippen molar-refractivity contribution in [1.82, 2.24) is 4.90 Å². The number of amides is 1. The lowest BCUT2D eigenvalue weighted by atomic mass is 9.93. The van der Waals surface area contributed by atoms with Crippen LogP contribution in [0.3, 0.4) is 0 Å². The van der Waals surface area contributed by atoms with E-state index in [1.807, 2.05) is 30.0 Å². The maximum Gasteiger partial charge on any atom is 0.223 e. The molecule has 0 spiro atoms. The van der Waals surface area contributed by atoms with Crippen molar-refractivity contribution < 1.29 is 14.3 Å². The van der Waals surface area contributed by atoms with Crippen LogP contribution in [-0.4, -0.2) is 42.9 Å². The molecule has 0 aromatic heterocycles. The molecule has 0 saturated carbocycles. The first-order chi connectivity index (χ1) is 9.66. The topological polar surface area (TPSA) is 46.6 Å². The summed E-state index contributed by atoms with van der Waals surface area (Å²) in [7, 11) is 0. The third-order valence-corrected chi connectivity index (χ3v) is 4.25. The number of hydrogen-bond donors (Lipinski definition) is 0. The fourth-order valence-corrected chi connectivity index (χ4v) is 3.23. The number of benzene rings is 1. The van der Waals surface area contributed by atoms with E-state index >= 15 is 0 Å². The summed E-state index contributed by atoms with van der Waals surface area (Å²) in [5.74, 6) is 0.361. The molecule has 1 aromatic carbocycles. The van der Waals surface area contributed by atoms with Crippen LogP contribution in [0.2, 0.25) is 0 Å². The SMILES string of the molecule is Cc1cccc2c1C(CC(=O)N1CCOCC1)CC2=O. The number of rotatable bonds is 2. The largest absolute Gasteiger partial charge is 0.378 e. The quantitative estimate of drug-likeness (QED) is 0.827. The average Bonchev–Trinajstić information content (AvgIpc) is 2.78. The van der Waals surface area contributed by atoms with Crippen molar-refractivity contribution in [2.24, 2.45) is 0 Å².